The maximum atomic E-state index is 9.00. The summed E-state index contributed by atoms with van der Waals surface area (Å²) < 4.78 is 6.00. The number of nitrogens with zero attached hydrogens (tertiary/aromatic N) is 3. The van der Waals surface area contributed by atoms with Crippen molar-refractivity contribution in [2.45, 2.75) is 27.2 Å². The lowest BCUT2D eigenvalue weighted by Crippen LogP contribution is -2.03. The number of aromatic nitrogens is 2. The van der Waals surface area contributed by atoms with E-state index in [0.29, 0.717) is 11.4 Å². The third kappa shape index (κ3) is 2.95. The molecule has 1 N–H and O–H groups in total. The second-order valence-corrected chi connectivity index (χ2v) is 4.76. The molecule has 0 atom stereocenters. The van der Waals surface area contributed by atoms with E-state index in [1.165, 1.54) is 6.33 Å². The van der Waals surface area contributed by atoms with Crippen molar-refractivity contribution in [2.75, 3.05) is 12.4 Å². The molecule has 0 amide bonds. The minimum absolute atomic E-state index is 0.549. The van der Waals surface area contributed by atoms with Crippen LogP contribution in [0, 0.1) is 25.2 Å². The molecule has 108 valence electrons. The average molecular weight is 282 g/mol. The van der Waals surface area contributed by atoms with E-state index in [4.69, 9.17) is 10.00 Å². The summed E-state index contributed by atoms with van der Waals surface area (Å²) in [5.74, 6) is 2.06. The first-order chi connectivity index (χ1) is 10.1. The van der Waals surface area contributed by atoms with Crippen LogP contribution in [0.5, 0.6) is 11.6 Å². The Morgan fingerprint density at radius 3 is 2.43 bits per heavy atom. The SMILES string of the molecule is CCc1c(NC)ncnc1Oc1c(C)cc(C#N)cc1C. The summed E-state index contributed by atoms with van der Waals surface area (Å²) in [6.07, 6.45) is 2.25. The van der Waals surface area contributed by atoms with Crippen molar-refractivity contribution in [1.29, 1.82) is 5.26 Å². The molecule has 1 aromatic heterocycles. The van der Waals surface area contributed by atoms with Crippen LogP contribution in [-0.4, -0.2) is 17.0 Å². The summed E-state index contributed by atoms with van der Waals surface area (Å²) in [6, 6.07) is 5.78. The third-order valence-electron chi connectivity index (χ3n) is 3.28. The lowest BCUT2D eigenvalue weighted by molar-refractivity contribution is 0.449. The molecule has 0 saturated carbocycles. The van der Waals surface area contributed by atoms with E-state index in [2.05, 4.69) is 21.4 Å². The molecular formula is C16H18N4O. The lowest BCUT2D eigenvalue weighted by atomic mass is 10.1. The van der Waals surface area contributed by atoms with Gasteiger partial charge in [0, 0.05) is 7.05 Å². The van der Waals surface area contributed by atoms with Gasteiger partial charge in [0.05, 0.1) is 17.2 Å². The van der Waals surface area contributed by atoms with Crippen LogP contribution in [0.1, 0.15) is 29.2 Å². The highest BCUT2D eigenvalue weighted by atomic mass is 16.5. The Labute approximate surface area is 124 Å². The van der Waals surface area contributed by atoms with Gasteiger partial charge in [-0.05, 0) is 43.5 Å². The van der Waals surface area contributed by atoms with Gasteiger partial charge >= 0.3 is 0 Å². The minimum atomic E-state index is 0.549. The molecule has 2 rings (SSSR count). The van der Waals surface area contributed by atoms with Crippen LogP contribution >= 0.6 is 0 Å². The average Bonchev–Trinajstić information content (AvgIpc) is 2.50. The molecule has 0 bridgehead atoms. The molecule has 0 aliphatic carbocycles. The highest BCUT2D eigenvalue weighted by molar-refractivity contribution is 5.52. The molecule has 5 heteroatoms. The zero-order valence-corrected chi connectivity index (χ0v) is 12.7. The molecule has 2 aromatic rings. The monoisotopic (exact) mass is 282 g/mol. The Morgan fingerprint density at radius 1 is 1.24 bits per heavy atom. The normalized spacial score (nSPS) is 10.0. The predicted octanol–water partition coefficient (Wildman–Crippen LogP) is 3.36. The fourth-order valence-corrected chi connectivity index (χ4v) is 2.29. The number of hydrogen-bond donors (Lipinski definition) is 1. The van der Waals surface area contributed by atoms with Crippen LogP contribution in [0.15, 0.2) is 18.5 Å². The summed E-state index contributed by atoms with van der Waals surface area (Å²) in [4.78, 5) is 8.44. The van der Waals surface area contributed by atoms with E-state index in [1.807, 2.05) is 40.0 Å². The van der Waals surface area contributed by atoms with Gasteiger partial charge in [-0.3, -0.25) is 0 Å². The Kier molecular flexibility index (Phi) is 4.39. The number of ether oxygens (including phenoxy) is 1. The summed E-state index contributed by atoms with van der Waals surface area (Å²) in [6.45, 7) is 5.88. The molecule has 0 aliphatic heterocycles. The Bertz CT molecular complexity index is 681. The first kappa shape index (κ1) is 14.8. The zero-order valence-electron chi connectivity index (χ0n) is 12.7. The number of rotatable bonds is 4. The van der Waals surface area contributed by atoms with Gasteiger partial charge in [0.2, 0.25) is 5.88 Å². The molecule has 1 aromatic carbocycles. The largest absolute Gasteiger partial charge is 0.438 e. The Hall–Kier alpha value is -2.61. The van der Waals surface area contributed by atoms with Crippen molar-refractivity contribution in [2.24, 2.45) is 0 Å². The summed E-state index contributed by atoms with van der Waals surface area (Å²) in [5, 5.41) is 12.0. The molecule has 0 saturated heterocycles. The molecule has 1 heterocycles. The summed E-state index contributed by atoms with van der Waals surface area (Å²) in [7, 11) is 1.82. The van der Waals surface area contributed by atoms with Crippen LogP contribution in [0.2, 0.25) is 0 Å². The van der Waals surface area contributed by atoms with E-state index < -0.39 is 0 Å². The number of anilines is 1. The topological polar surface area (TPSA) is 70.8 Å². The van der Waals surface area contributed by atoms with Crippen molar-refractivity contribution in [3.8, 4) is 17.7 Å². The van der Waals surface area contributed by atoms with E-state index in [0.717, 1.165) is 34.7 Å². The Morgan fingerprint density at radius 2 is 1.90 bits per heavy atom. The molecule has 0 spiro atoms. The first-order valence-electron chi connectivity index (χ1n) is 6.81. The quantitative estimate of drug-likeness (QED) is 0.931. The van der Waals surface area contributed by atoms with Crippen molar-refractivity contribution >= 4 is 5.82 Å². The van der Waals surface area contributed by atoms with E-state index in [9.17, 15) is 0 Å². The number of hydrogen-bond acceptors (Lipinski definition) is 5. The van der Waals surface area contributed by atoms with E-state index in [1.54, 1.807) is 0 Å². The van der Waals surface area contributed by atoms with Crippen LogP contribution in [0.3, 0.4) is 0 Å². The van der Waals surface area contributed by atoms with Gasteiger partial charge in [0.25, 0.3) is 0 Å². The molecule has 0 unspecified atom stereocenters. The fraction of sp³-hybridized carbons (Fsp3) is 0.312. The second-order valence-electron chi connectivity index (χ2n) is 4.76. The van der Waals surface area contributed by atoms with Gasteiger partial charge in [0.15, 0.2) is 0 Å². The number of aryl methyl sites for hydroxylation is 2. The first-order valence-corrected chi connectivity index (χ1v) is 6.81. The number of nitrogens with one attached hydrogen (secondary N) is 1. The lowest BCUT2D eigenvalue weighted by Gasteiger charge is -2.15. The van der Waals surface area contributed by atoms with E-state index in [-0.39, 0.29) is 0 Å². The van der Waals surface area contributed by atoms with Gasteiger partial charge in [0.1, 0.15) is 17.9 Å². The zero-order chi connectivity index (χ0) is 15.4. The van der Waals surface area contributed by atoms with Crippen LogP contribution in [0.4, 0.5) is 5.82 Å². The Balaban J connectivity index is 2.46. The minimum Gasteiger partial charge on any atom is -0.438 e. The maximum absolute atomic E-state index is 9.00. The fourth-order valence-electron chi connectivity index (χ4n) is 2.29. The van der Waals surface area contributed by atoms with Gasteiger partial charge < -0.3 is 10.1 Å². The molecule has 0 aliphatic rings. The maximum Gasteiger partial charge on any atom is 0.227 e. The molecule has 5 nitrogen and oxygen atoms in total. The second kappa shape index (κ2) is 6.23. The number of benzene rings is 1. The van der Waals surface area contributed by atoms with E-state index >= 15 is 0 Å². The number of nitriles is 1. The smallest absolute Gasteiger partial charge is 0.227 e. The molecule has 0 radical (unpaired) electrons. The van der Waals surface area contributed by atoms with Crippen molar-refractivity contribution in [3.05, 3.63) is 40.7 Å². The highest BCUT2D eigenvalue weighted by Gasteiger charge is 2.14. The van der Waals surface area contributed by atoms with Crippen molar-refractivity contribution < 1.29 is 4.74 Å². The molecular weight excluding hydrogens is 264 g/mol. The van der Waals surface area contributed by atoms with Crippen molar-refractivity contribution in [1.82, 2.24) is 9.97 Å². The van der Waals surface area contributed by atoms with Gasteiger partial charge in [-0.2, -0.15) is 5.26 Å². The third-order valence-corrected chi connectivity index (χ3v) is 3.28. The summed E-state index contributed by atoms with van der Waals surface area (Å²) >= 11 is 0. The molecule has 0 fully saturated rings. The highest BCUT2D eigenvalue weighted by Crippen LogP contribution is 2.32. The van der Waals surface area contributed by atoms with Crippen LogP contribution in [-0.2, 0) is 6.42 Å². The standard InChI is InChI=1S/C16H18N4O/c1-5-13-15(18-4)19-9-20-16(13)21-14-10(2)6-12(8-17)7-11(14)3/h6-7,9H,5H2,1-4H3,(H,18,19,20). The summed E-state index contributed by atoms with van der Waals surface area (Å²) in [5.41, 5.74) is 3.39. The molecule has 21 heavy (non-hydrogen) atoms. The van der Waals surface area contributed by atoms with Crippen LogP contribution < -0.4 is 10.1 Å². The van der Waals surface area contributed by atoms with Crippen molar-refractivity contribution in [3.63, 3.8) is 0 Å². The van der Waals surface area contributed by atoms with Gasteiger partial charge in [-0.15, -0.1) is 0 Å². The van der Waals surface area contributed by atoms with Crippen LogP contribution in [0.25, 0.3) is 0 Å². The van der Waals surface area contributed by atoms with Gasteiger partial charge in [-0.1, -0.05) is 6.92 Å². The predicted molar refractivity (Wildman–Crippen MR) is 81.7 cm³/mol. The van der Waals surface area contributed by atoms with Gasteiger partial charge in [-0.25, -0.2) is 9.97 Å².